The molecule has 0 unspecified atom stereocenters. The van der Waals surface area contributed by atoms with Crippen LogP contribution in [0.5, 0.6) is 0 Å². The Balaban J connectivity index is 1.52. The number of hydrogen-bond donors (Lipinski definition) is 2. The molecule has 1 aliphatic rings. The number of nitrogens with zero attached hydrogens (tertiary/aromatic N) is 3. The van der Waals surface area contributed by atoms with Crippen LogP contribution in [0.15, 0.2) is 65.8 Å². The zero-order valence-corrected chi connectivity index (χ0v) is 17.9. The van der Waals surface area contributed by atoms with E-state index in [0.29, 0.717) is 28.8 Å². The third-order valence-electron chi connectivity index (χ3n) is 4.92. The fraction of sp³-hybridized carbons (Fsp3) is 0.130. The van der Waals surface area contributed by atoms with E-state index in [2.05, 4.69) is 20.6 Å². The summed E-state index contributed by atoms with van der Waals surface area (Å²) in [4.78, 5) is 35.8. The van der Waals surface area contributed by atoms with E-state index in [1.165, 1.54) is 18.3 Å². The lowest BCUT2D eigenvalue weighted by molar-refractivity contribution is 0.102. The van der Waals surface area contributed by atoms with Crippen molar-refractivity contribution >= 4 is 40.8 Å². The quantitative estimate of drug-likeness (QED) is 0.612. The van der Waals surface area contributed by atoms with Crippen LogP contribution < -0.4 is 10.6 Å². The van der Waals surface area contributed by atoms with Crippen LogP contribution in [0.1, 0.15) is 26.3 Å². The molecule has 9 heteroatoms. The molecular formula is C23H19ClFN5O2. The van der Waals surface area contributed by atoms with E-state index in [1.54, 1.807) is 42.5 Å². The average Bonchev–Trinajstić information content (AvgIpc) is 3.21. The van der Waals surface area contributed by atoms with Gasteiger partial charge in [-0.3, -0.25) is 14.6 Å². The molecule has 2 amide bonds. The third kappa shape index (κ3) is 4.60. The molecule has 32 heavy (non-hydrogen) atoms. The van der Waals surface area contributed by atoms with Gasteiger partial charge in [-0.2, -0.15) is 0 Å². The van der Waals surface area contributed by atoms with Crippen LogP contribution in [-0.4, -0.2) is 47.7 Å². The molecular weight excluding hydrogens is 433 g/mol. The van der Waals surface area contributed by atoms with Crippen LogP contribution in [0.4, 0.5) is 15.9 Å². The molecule has 0 saturated carbocycles. The van der Waals surface area contributed by atoms with Crippen molar-refractivity contribution in [1.29, 1.82) is 0 Å². The molecule has 0 atom stereocenters. The summed E-state index contributed by atoms with van der Waals surface area (Å²) in [5, 5.41) is 5.70. The van der Waals surface area contributed by atoms with Gasteiger partial charge in [0.1, 0.15) is 17.5 Å². The summed E-state index contributed by atoms with van der Waals surface area (Å²) in [7, 11) is 1.88. The van der Waals surface area contributed by atoms with Crippen LogP contribution in [-0.2, 0) is 0 Å². The molecule has 2 aromatic carbocycles. The Morgan fingerprint density at radius 2 is 1.81 bits per heavy atom. The SMILES string of the molecule is CN1CCN=C1c1ccc(C(=O)Nc2ccccc2C(=O)Nc2ccc(Cl)cn2)c(F)c1. The second kappa shape index (κ2) is 9.15. The van der Waals surface area contributed by atoms with E-state index < -0.39 is 17.6 Å². The summed E-state index contributed by atoms with van der Waals surface area (Å²) in [6.45, 7) is 1.42. The van der Waals surface area contributed by atoms with E-state index in [0.717, 1.165) is 6.54 Å². The van der Waals surface area contributed by atoms with Crippen molar-refractivity contribution in [3.05, 3.63) is 88.3 Å². The highest BCUT2D eigenvalue weighted by atomic mass is 35.5. The van der Waals surface area contributed by atoms with Gasteiger partial charge in [0.2, 0.25) is 0 Å². The molecule has 0 aliphatic carbocycles. The Bertz CT molecular complexity index is 1210. The molecule has 0 spiro atoms. The average molecular weight is 452 g/mol. The summed E-state index contributed by atoms with van der Waals surface area (Å²) >= 11 is 5.81. The zero-order chi connectivity index (χ0) is 22.7. The molecule has 0 bridgehead atoms. The summed E-state index contributed by atoms with van der Waals surface area (Å²) in [5.41, 5.74) is 0.919. The van der Waals surface area contributed by atoms with E-state index >= 15 is 0 Å². The number of amides is 2. The predicted octanol–water partition coefficient (Wildman–Crippen LogP) is 4.07. The second-order valence-electron chi connectivity index (χ2n) is 7.14. The van der Waals surface area contributed by atoms with Crippen molar-refractivity contribution < 1.29 is 14.0 Å². The van der Waals surface area contributed by atoms with Crippen molar-refractivity contribution in [2.24, 2.45) is 4.99 Å². The van der Waals surface area contributed by atoms with Gasteiger partial charge in [0.25, 0.3) is 11.8 Å². The molecule has 162 valence electrons. The molecule has 0 saturated heterocycles. The minimum absolute atomic E-state index is 0.135. The summed E-state index contributed by atoms with van der Waals surface area (Å²) < 4.78 is 14.7. The molecule has 2 heterocycles. The second-order valence-corrected chi connectivity index (χ2v) is 7.57. The highest BCUT2D eigenvalue weighted by molar-refractivity contribution is 6.30. The smallest absolute Gasteiger partial charge is 0.258 e. The summed E-state index contributed by atoms with van der Waals surface area (Å²) in [5.74, 6) is -0.819. The lowest BCUT2D eigenvalue weighted by atomic mass is 10.1. The lowest BCUT2D eigenvalue weighted by Crippen LogP contribution is -2.24. The van der Waals surface area contributed by atoms with Gasteiger partial charge in [-0.05, 0) is 36.4 Å². The van der Waals surface area contributed by atoms with E-state index in [1.807, 2.05) is 11.9 Å². The van der Waals surface area contributed by atoms with Crippen LogP contribution in [0.3, 0.4) is 0 Å². The van der Waals surface area contributed by atoms with Gasteiger partial charge in [0.15, 0.2) is 0 Å². The molecule has 1 aromatic heterocycles. The van der Waals surface area contributed by atoms with Crippen molar-refractivity contribution in [1.82, 2.24) is 9.88 Å². The van der Waals surface area contributed by atoms with Crippen LogP contribution in [0.2, 0.25) is 5.02 Å². The number of nitrogens with one attached hydrogen (secondary N) is 2. The number of aliphatic imine (C=N–C) groups is 1. The van der Waals surface area contributed by atoms with Crippen molar-refractivity contribution in [3.8, 4) is 0 Å². The lowest BCUT2D eigenvalue weighted by Gasteiger charge is -2.15. The predicted molar refractivity (Wildman–Crippen MR) is 122 cm³/mol. The third-order valence-corrected chi connectivity index (χ3v) is 5.14. The number of benzene rings is 2. The monoisotopic (exact) mass is 451 g/mol. The minimum atomic E-state index is -0.671. The first-order valence-corrected chi connectivity index (χ1v) is 10.2. The number of halogens is 2. The van der Waals surface area contributed by atoms with Crippen LogP contribution in [0.25, 0.3) is 0 Å². The Kier molecular flexibility index (Phi) is 6.13. The van der Waals surface area contributed by atoms with Crippen molar-refractivity contribution in [2.45, 2.75) is 0 Å². The van der Waals surface area contributed by atoms with Crippen molar-refractivity contribution in [3.63, 3.8) is 0 Å². The summed E-state index contributed by atoms with van der Waals surface area (Å²) in [6.07, 6.45) is 1.41. The fourth-order valence-electron chi connectivity index (χ4n) is 3.30. The fourth-order valence-corrected chi connectivity index (χ4v) is 3.41. The highest BCUT2D eigenvalue weighted by Gasteiger charge is 2.20. The maximum Gasteiger partial charge on any atom is 0.258 e. The zero-order valence-electron chi connectivity index (χ0n) is 17.1. The molecule has 0 fully saturated rings. The molecule has 7 nitrogen and oxygen atoms in total. The number of carbonyl (C=O) groups is 2. The van der Waals surface area contributed by atoms with Gasteiger partial charge in [0.05, 0.1) is 28.4 Å². The van der Waals surface area contributed by atoms with Crippen molar-refractivity contribution in [2.75, 3.05) is 30.8 Å². The number of hydrogen-bond acceptors (Lipinski definition) is 5. The highest BCUT2D eigenvalue weighted by Crippen LogP contribution is 2.20. The van der Waals surface area contributed by atoms with Crippen LogP contribution >= 0.6 is 11.6 Å². The number of para-hydroxylation sites is 1. The Morgan fingerprint density at radius 3 is 2.50 bits per heavy atom. The number of carbonyl (C=O) groups excluding carboxylic acids is 2. The number of pyridine rings is 1. The normalized spacial score (nSPS) is 13.0. The number of rotatable bonds is 5. The van der Waals surface area contributed by atoms with Gasteiger partial charge in [0, 0.05) is 25.4 Å². The van der Waals surface area contributed by atoms with Gasteiger partial charge in [-0.15, -0.1) is 0 Å². The van der Waals surface area contributed by atoms with Crippen LogP contribution in [0, 0.1) is 5.82 Å². The topological polar surface area (TPSA) is 86.7 Å². The van der Waals surface area contributed by atoms with E-state index in [9.17, 15) is 14.0 Å². The number of anilines is 2. The Morgan fingerprint density at radius 1 is 1.03 bits per heavy atom. The summed E-state index contributed by atoms with van der Waals surface area (Å²) in [6, 6.07) is 14.0. The van der Waals surface area contributed by atoms with Gasteiger partial charge < -0.3 is 15.5 Å². The Labute approximate surface area is 188 Å². The molecule has 2 N–H and O–H groups in total. The first kappa shape index (κ1) is 21.5. The maximum absolute atomic E-state index is 14.7. The first-order valence-electron chi connectivity index (χ1n) is 9.81. The largest absolute Gasteiger partial charge is 0.358 e. The van der Waals surface area contributed by atoms with E-state index in [4.69, 9.17) is 11.6 Å². The molecule has 0 radical (unpaired) electrons. The number of aromatic nitrogens is 1. The van der Waals surface area contributed by atoms with Gasteiger partial charge >= 0.3 is 0 Å². The maximum atomic E-state index is 14.7. The van der Waals surface area contributed by atoms with Gasteiger partial charge in [-0.25, -0.2) is 9.37 Å². The minimum Gasteiger partial charge on any atom is -0.358 e. The first-order chi connectivity index (χ1) is 15.4. The van der Waals surface area contributed by atoms with Gasteiger partial charge in [-0.1, -0.05) is 29.8 Å². The van der Waals surface area contributed by atoms with E-state index in [-0.39, 0.29) is 16.8 Å². The number of amidine groups is 1. The standard InChI is InChI=1S/C23H19ClFN5O2/c1-30-11-10-26-21(30)14-6-8-16(18(25)12-14)22(31)28-19-5-3-2-4-17(19)23(32)29-20-9-7-15(24)13-27-20/h2-9,12-13H,10-11H2,1H3,(H,28,31)(H,27,29,32). The molecule has 1 aliphatic heterocycles. The molecule has 3 aromatic rings. The Hall–Kier alpha value is -3.78. The molecule has 4 rings (SSSR count). The number of likely N-dealkylation sites (N-methyl/N-ethyl adjacent to an activating group) is 1.